The van der Waals surface area contributed by atoms with Crippen molar-refractivity contribution in [1.82, 2.24) is 5.32 Å². The summed E-state index contributed by atoms with van der Waals surface area (Å²) in [5.41, 5.74) is 1.35. The highest BCUT2D eigenvalue weighted by atomic mass is 16.5. The largest absolute Gasteiger partial charge is 0.489 e. The summed E-state index contributed by atoms with van der Waals surface area (Å²) < 4.78 is 6.24. The van der Waals surface area contributed by atoms with Crippen LogP contribution in [0.25, 0.3) is 0 Å². The molecule has 0 radical (unpaired) electrons. The lowest BCUT2D eigenvalue weighted by molar-refractivity contribution is 0.114. The van der Waals surface area contributed by atoms with Crippen molar-refractivity contribution in [3.63, 3.8) is 0 Å². The molecule has 2 atom stereocenters. The molecule has 1 aliphatic carbocycles. The van der Waals surface area contributed by atoms with Crippen molar-refractivity contribution < 1.29 is 4.74 Å². The summed E-state index contributed by atoms with van der Waals surface area (Å²) in [6.07, 6.45) is 7.65. The molecule has 1 N–H and O–H groups in total. The third-order valence-electron chi connectivity index (χ3n) is 3.95. The Morgan fingerprint density at radius 3 is 2.84 bits per heavy atom. The van der Waals surface area contributed by atoms with E-state index in [0.29, 0.717) is 12.1 Å². The van der Waals surface area contributed by atoms with Crippen LogP contribution in [-0.2, 0) is 6.42 Å². The zero-order valence-corrected chi connectivity index (χ0v) is 12.3. The van der Waals surface area contributed by atoms with E-state index in [4.69, 9.17) is 4.74 Å². The van der Waals surface area contributed by atoms with Crippen LogP contribution < -0.4 is 10.1 Å². The average molecular weight is 261 g/mol. The predicted molar refractivity (Wildman–Crippen MR) is 80.8 cm³/mol. The van der Waals surface area contributed by atoms with Crippen molar-refractivity contribution in [1.29, 1.82) is 0 Å². The van der Waals surface area contributed by atoms with Gasteiger partial charge in [-0.3, -0.25) is 0 Å². The lowest BCUT2D eigenvalue weighted by Gasteiger charge is -2.32. The van der Waals surface area contributed by atoms with Crippen LogP contribution in [0.4, 0.5) is 0 Å². The Labute approximate surface area is 117 Å². The molecule has 1 aromatic carbocycles. The van der Waals surface area contributed by atoms with Gasteiger partial charge in [-0.05, 0) is 56.3 Å². The normalized spacial score (nSPS) is 23.3. The molecule has 2 heteroatoms. The van der Waals surface area contributed by atoms with Gasteiger partial charge in [0.05, 0.1) is 0 Å². The molecule has 0 heterocycles. The summed E-state index contributed by atoms with van der Waals surface area (Å²) in [5, 5.41) is 3.65. The zero-order valence-electron chi connectivity index (χ0n) is 12.3. The molecular weight excluding hydrogens is 234 g/mol. The average Bonchev–Trinajstić information content (AvgIpc) is 2.46. The van der Waals surface area contributed by atoms with E-state index in [1.807, 2.05) is 0 Å². The molecule has 0 aliphatic heterocycles. The second kappa shape index (κ2) is 7.54. The van der Waals surface area contributed by atoms with Gasteiger partial charge in [-0.2, -0.15) is 0 Å². The number of rotatable bonds is 6. The molecule has 0 aromatic heterocycles. The van der Waals surface area contributed by atoms with Crippen LogP contribution in [0.3, 0.4) is 0 Å². The highest BCUT2D eigenvalue weighted by Crippen LogP contribution is 2.24. The lowest BCUT2D eigenvalue weighted by Crippen LogP contribution is -2.45. The third kappa shape index (κ3) is 4.24. The summed E-state index contributed by atoms with van der Waals surface area (Å²) >= 11 is 0. The fraction of sp³-hybridized carbons (Fsp3) is 0.647. The lowest BCUT2D eigenvalue weighted by atomic mass is 9.92. The SMILES string of the molecule is CCCNC1CCCCC1Oc1cccc(CC)c1. The van der Waals surface area contributed by atoms with Gasteiger partial charge in [-0.1, -0.05) is 32.4 Å². The van der Waals surface area contributed by atoms with Crippen LogP contribution in [-0.4, -0.2) is 18.7 Å². The minimum atomic E-state index is 0.340. The van der Waals surface area contributed by atoms with E-state index >= 15 is 0 Å². The Balaban J connectivity index is 1.97. The number of ether oxygens (including phenoxy) is 1. The molecule has 0 bridgehead atoms. The van der Waals surface area contributed by atoms with E-state index in [-0.39, 0.29) is 0 Å². The second-order valence-corrected chi connectivity index (χ2v) is 5.50. The van der Waals surface area contributed by atoms with Crippen molar-refractivity contribution >= 4 is 0 Å². The minimum Gasteiger partial charge on any atom is -0.489 e. The molecule has 0 saturated heterocycles. The molecule has 1 fully saturated rings. The quantitative estimate of drug-likeness (QED) is 0.837. The molecule has 1 aliphatic rings. The van der Waals surface area contributed by atoms with Gasteiger partial charge in [0.25, 0.3) is 0 Å². The van der Waals surface area contributed by atoms with Gasteiger partial charge in [-0.15, -0.1) is 0 Å². The van der Waals surface area contributed by atoms with E-state index in [9.17, 15) is 0 Å². The van der Waals surface area contributed by atoms with Gasteiger partial charge >= 0.3 is 0 Å². The van der Waals surface area contributed by atoms with Crippen LogP contribution in [0.1, 0.15) is 51.5 Å². The van der Waals surface area contributed by atoms with Gasteiger partial charge in [0.15, 0.2) is 0 Å². The first-order chi connectivity index (χ1) is 9.33. The van der Waals surface area contributed by atoms with Crippen LogP contribution in [0, 0.1) is 0 Å². The fourth-order valence-electron chi connectivity index (χ4n) is 2.81. The number of hydrogen-bond acceptors (Lipinski definition) is 2. The van der Waals surface area contributed by atoms with Crippen molar-refractivity contribution in [2.24, 2.45) is 0 Å². The third-order valence-corrected chi connectivity index (χ3v) is 3.95. The highest BCUT2D eigenvalue weighted by Gasteiger charge is 2.26. The van der Waals surface area contributed by atoms with Gasteiger partial charge in [0, 0.05) is 6.04 Å². The van der Waals surface area contributed by atoms with Crippen molar-refractivity contribution in [3.05, 3.63) is 29.8 Å². The smallest absolute Gasteiger partial charge is 0.120 e. The van der Waals surface area contributed by atoms with E-state index in [1.165, 1.54) is 37.7 Å². The number of benzene rings is 1. The van der Waals surface area contributed by atoms with E-state index in [0.717, 1.165) is 18.7 Å². The van der Waals surface area contributed by atoms with E-state index < -0.39 is 0 Å². The first-order valence-corrected chi connectivity index (χ1v) is 7.82. The molecule has 2 unspecified atom stereocenters. The molecular formula is C17H27NO. The van der Waals surface area contributed by atoms with E-state index in [1.54, 1.807) is 0 Å². The van der Waals surface area contributed by atoms with Gasteiger partial charge in [-0.25, -0.2) is 0 Å². The number of hydrogen-bond donors (Lipinski definition) is 1. The number of nitrogens with one attached hydrogen (secondary N) is 1. The minimum absolute atomic E-state index is 0.340. The van der Waals surface area contributed by atoms with Gasteiger partial charge < -0.3 is 10.1 Å². The van der Waals surface area contributed by atoms with Gasteiger partial charge in [0.2, 0.25) is 0 Å². The maximum Gasteiger partial charge on any atom is 0.120 e. The summed E-state index contributed by atoms with van der Waals surface area (Å²) in [6, 6.07) is 9.07. The zero-order chi connectivity index (χ0) is 13.5. The van der Waals surface area contributed by atoms with Crippen LogP contribution in [0.5, 0.6) is 5.75 Å². The maximum absolute atomic E-state index is 6.24. The topological polar surface area (TPSA) is 21.3 Å². The van der Waals surface area contributed by atoms with Crippen LogP contribution in [0.2, 0.25) is 0 Å². The predicted octanol–water partition coefficient (Wildman–Crippen LogP) is 3.94. The highest BCUT2D eigenvalue weighted by molar-refractivity contribution is 5.28. The van der Waals surface area contributed by atoms with Gasteiger partial charge in [0.1, 0.15) is 11.9 Å². The summed E-state index contributed by atoms with van der Waals surface area (Å²) in [4.78, 5) is 0. The number of aryl methyl sites for hydroxylation is 1. The molecule has 1 saturated carbocycles. The van der Waals surface area contributed by atoms with E-state index in [2.05, 4.69) is 43.4 Å². The first-order valence-electron chi connectivity index (χ1n) is 7.82. The fourth-order valence-corrected chi connectivity index (χ4v) is 2.81. The Morgan fingerprint density at radius 1 is 1.21 bits per heavy atom. The molecule has 1 aromatic rings. The monoisotopic (exact) mass is 261 g/mol. The molecule has 2 rings (SSSR count). The van der Waals surface area contributed by atoms with Crippen LogP contribution in [0.15, 0.2) is 24.3 Å². The Hall–Kier alpha value is -1.02. The first kappa shape index (κ1) is 14.4. The maximum atomic E-state index is 6.24. The van der Waals surface area contributed by atoms with Crippen molar-refractivity contribution in [2.45, 2.75) is 64.5 Å². The Bertz CT molecular complexity index is 377. The second-order valence-electron chi connectivity index (χ2n) is 5.50. The van der Waals surface area contributed by atoms with Crippen molar-refractivity contribution in [3.8, 4) is 5.75 Å². The molecule has 0 amide bonds. The van der Waals surface area contributed by atoms with Crippen molar-refractivity contribution in [2.75, 3.05) is 6.54 Å². The molecule has 0 spiro atoms. The molecule has 19 heavy (non-hydrogen) atoms. The summed E-state index contributed by atoms with van der Waals surface area (Å²) in [5.74, 6) is 1.04. The molecule has 106 valence electrons. The Kier molecular flexibility index (Phi) is 5.71. The standard InChI is InChI=1S/C17H27NO/c1-3-12-18-16-10-5-6-11-17(16)19-15-9-7-8-14(4-2)13-15/h7-9,13,16-18H,3-6,10-12H2,1-2H3. The summed E-state index contributed by atoms with van der Waals surface area (Å²) in [7, 11) is 0. The summed E-state index contributed by atoms with van der Waals surface area (Å²) in [6.45, 7) is 5.50. The molecule has 2 nitrogen and oxygen atoms in total. The Morgan fingerprint density at radius 2 is 2.05 bits per heavy atom. The van der Waals surface area contributed by atoms with Crippen LogP contribution >= 0.6 is 0 Å².